The van der Waals surface area contributed by atoms with Gasteiger partial charge in [0.05, 0.1) is 13.6 Å². The first-order valence-electron chi connectivity index (χ1n) is 5.00. The molecule has 1 aromatic heterocycles. The minimum atomic E-state index is 0.496. The molecular formula is C12H13N4+. The monoisotopic (exact) mass is 213 g/mol. The van der Waals surface area contributed by atoms with Crippen LogP contribution in [0.25, 0.3) is 0 Å². The van der Waals surface area contributed by atoms with Crippen molar-refractivity contribution >= 4 is 5.82 Å². The Bertz CT molecular complexity index is 534. The Balaban J connectivity index is 2.34. The van der Waals surface area contributed by atoms with Crippen LogP contribution in [0.1, 0.15) is 11.3 Å². The number of benzene rings is 1. The lowest BCUT2D eigenvalue weighted by Crippen LogP contribution is -2.35. The highest BCUT2D eigenvalue weighted by Gasteiger charge is 2.16. The fraction of sp³-hybridized carbons (Fsp3) is 0.167. The molecule has 0 fully saturated rings. The zero-order valence-electron chi connectivity index (χ0n) is 9.09. The van der Waals surface area contributed by atoms with Crippen molar-refractivity contribution < 1.29 is 4.57 Å². The lowest BCUT2D eigenvalue weighted by molar-refractivity contribution is -0.673. The average Bonchev–Trinajstić information content (AvgIpc) is 2.55. The summed E-state index contributed by atoms with van der Waals surface area (Å²) in [6.07, 6.45) is 1.83. The van der Waals surface area contributed by atoms with Crippen molar-refractivity contribution in [2.24, 2.45) is 7.05 Å². The number of nitrogens with two attached hydrogens (primary N) is 1. The van der Waals surface area contributed by atoms with E-state index in [4.69, 9.17) is 11.0 Å². The smallest absolute Gasteiger partial charge is 0.270 e. The van der Waals surface area contributed by atoms with E-state index in [-0.39, 0.29) is 0 Å². The molecule has 0 radical (unpaired) electrons. The lowest BCUT2D eigenvalue weighted by Gasteiger charge is -1.98. The Hall–Kier alpha value is -2.28. The zero-order chi connectivity index (χ0) is 11.5. The minimum Gasteiger partial charge on any atom is -0.315 e. The van der Waals surface area contributed by atoms with Crippen LogP contribution >= 0.6 is 0 Å². The molecule has 2 N–H and O–H groups in total. The van der Waals surface area contributed by atoms with E-state index in [2.05, 4.69) is 6.07 Å². The molecule has 0 spiro atoms. The second-order valence-corrected chi connectivity index (χ2v) is 3.69. The summed E-state index contributed by atoms with van der Waals surface area (Å²) in [6, 6.07) is 12.1. The Morgan fingerprint density at radius 2 is 2.06 bits per heavy atom. The predicted octanol–water partition coefficient (Wildman–Crippen LogP) is 0.815. The normalized spacial score (nSPS) is 10.0. The molecular weight excluding hydrogens is 200 g/mol. The van der Waals surface area contributed by atoms with Gasteiger partial charge in [0.2, 0.25) is 5.69 Å². The Morgan fingerprint density at radius 3 is 2.62 bits per heavy atom. The summed E-state index contributed by atoms with van der Waals surface area (Å²) < 4.78 is 3.60. The molecule has 0 saturated carbocycles. The molecule has 4 heteroatoms. The van der Waals surface area contributed by atoms with Crippen LogP contribution in [0.3, 0.4) is 0 Å². The van der Waals surface area contributed by atoms with Crippen molar-refractivity contribution in [3.63, 3.8) is 0 Å². The molecule has 0 aliphatic heterocycles. The van der Waals surface area contributed by atoms with E-state index in [1.165, 1.54) is 0 Å². The van der Waals surface area contributed by atoms with Gasteiger partial charge < -0.3 is 5.73 Å². The van der Waals surface area contributed by atoms with Crippen molar-refractivity contribution in [2.75, 3.05) is 5.73 Å². The summed E-state index contributed by atoms with van der Waals surface area (Å²) in [5, 5.41) is 8.91. The van der Waals surface area contributed by atoms with Crippen LogP contribution in [0.15, 0.2) is 36.7 Å². The number of hydrogen-bond donors (Lipinski definition) is 1. The molecule has 0 saturated heterocycles. The molecule has 0 unspecified atom stereocenters. The molecule has 16 heavy (non-hydrogen) atoms. The molecule has 2 aromatic rings. The van der Waals surface area contributed by atoms with Gasteiger partial charge in [-0.1, -0.05) is 30.3 Å². The summed E-state index contributed by atoms with van der Waals surface area (Å²) >= 11 is 0. The van der Waals surface area contributed by atoms with Crippen LogP contribution in [-0.2, 0) is 13.6 Å². The third kappa shape index (κ3) is 1.75. The highest BCUT2D eigenvalue weighted by atomic mass is 15.2. The predicted molar refractivity (Wildman–Crippen MR) is 60.3 cm³/mol. The van der Waals surface area contributed by atoms with Gasteiger partial charge in [-0.25, -0.2) is 4.57 Å². The van der Waals surface area contributed by atoms with Crippen LogP contribution in [0.5, 0.6) is 0 Å². The van der Waals surface area contributed by atoms with E-state index in [1.807, 2.05) is 48.3 Å². The van der Waals surface area contributed by atoms with Crippen LogP contribution in [0, 0.1) is 11.3 Å². The summed E-state index contributed by atoms with van der Waals surface area (Å²) in [4.78, 5) is 0. The number of rotatable bonds is 2. The quantitative estimate of drug-likeness (QED) is 0.751. The van der Waals surface area contributed by atoms with E-state index < -0.39 is 0 Å². The van der Waals surface area contributed by atoms with Crippen molar-refractivity contribution in [1.29, 1.82) is 5.26 Å². The van der Waals surface area contributed by atoms with Crippen molar-refractivity contribution in [3.8, 4) is 6.07 Å². The van der Waals surface area contributed by atoms with Gasteiger partial charge in [0.1, 0.15) is 6.07 Å². The highest BCUT2D eigenvalue weighted by molar-refractivity contribution is 5.39. The zero-order valence-corrected chi connectivity index (χ0v) is 9.09. The molecule has 2 rings (SSSR count). The molecule has 1 heterocycles. The minimum absolute atomic E-state index is 0.496. The Kier molecular flexibility index (Phi) is 2.61. The fourth-order valence-corrected chi connectivity index (χ4v) is 1.69. The third-order valence-corrected chi connectivity index (χ3v) is 2.52. The molecule has 0 aliphatic carbocycles. The molecule has 1 aromatic carbocycles. The molecule has 0 atom stereocenters. The van der Waals surface area contributed by atoms with Crippen molar-refractivity contribution in [3.05, 3.63) is 47.9 Å². The number of hydrogen-bond acceptors (Lipinski definition) is 2. The number of imidazole rings is 1. The standard InChI is InChI=1S/C12H13N4/c1-15-9-16(12(14)11(15)7-13)8-10-5-3-2-4-6-10/h2-6,9H,8,14H2,1H3/q+1. The number of aryl methyl sites for hydroxylation is 1. The van der Waals surface area contributed by atoms with E-state index in [9.17, 15) is 0 Å². The highest BCUT2D eigenvalue weighted by Crippen LogP contribution is 2.06. The lowest BCUT2D eigenvalue weighted by atomic mass is 10.2. The van der Waals surface area contributed by atoms with E-state index >= 15 is 0 Å². The van der Waals surface area contributed by atoms with Gasteiger partial charge in [0, 0.05) is 0 Å². The second-order valence-electron chi connectivity index (χ2n) is 3.69. The van der Waals surface area contributed by atoms with E-state index in [0.717, 1.165) is 5.56 Å². The number of nitrogens with zero attached hydrogens (tertiary/aromatic N) is 3. The maximum atomic E-state index is 8.91. The van der Waals surface area contributed by atoms with E-state index in [0.29, 0.717) is 18.1 Å². The van der Waals surface area contributed by atoms with Crippen molar-refractivity contribution in [1.82, 2.24) is 4.57 Å². The SMILES string of the molecule is Cn1c[n+](Cc2ccccc2)c(N)c1C#N. The Labute approximate surface area is 94.2 Å². The van der Waals surface area contributed by atoms with Crippen LogP contribution in [-0.4, -0.2) is 4.57 Å². The summed E-state index contributed by atoms with van der Waals surface area (Å²) in [6.45, 7) is 0.683. The van der Waals surface area contributed by atoms with Crippen LogP contribution in [0.4, 0.5) is 5.82 Å². The number of aromatic nitrogens is 2. The van der Waals surface area contributed by atoms with E-state index in [1.54, 1.807) is 4.57 Å². The maximum absolute atomic E-state index is 8.91. The van der Waals surface area contributed by atoms with Gasteiger partial charge in [-0.2, -0.15) is 5.26 Å². The first-order valence-corrected chi connectivity index (χ1v) is 5.00. The van der Waals surface area contributed by atoms with Gasteiger partial charge in [-0.15, -0.1) is 0 Å². The first-order chi connectivity index (χ1) is 7.72. The molecule has 0 bridgehead atoms. The molecule has 0 amide bonds. The summed E-state index contributed by atoms with van der Waals surface area (Å²) in [5.41, 5.74) is 7.54. The van der Waals surface area contributed by atoms with Gasteiger partial charge in [-0.05, 0) is 5.56 Å². The number of nitrogen functional groups attached to an aromatic ring is 1. The van der Waals surface area contributed by atoms with Crippen LogP contribution < -0.4 is 10.3 Å². The third-order valence-electron chi connectivity index (χ3n) is 2.52. The summed E-state index contributed by atoms with van der Waals surface area (Å²) in [7, 11) is 1.82. The van der Waals surface area contributed by atoms with Gasteiger partial charge in [0.25, 0.3) is 5.82 Å². The molecule has 4 nitrogen and oxygen atoms in total. The van der Waals surface area contributed by atoms with Gasteiger partial charge in [-0.3, -0.25) is 4.57 Å². The number of nitriles is 1. The van der Waals surface area contributed by atoms with Gasteiger partial charge in [0.15, 0.2) is 6.33 Å². The number of anilines is 1. The average molecular weight is 213 g/mol. The Morgan fingerprint density at radius 1 is 1.38 bits per heavy atom. The molecule has 0 aliphatic rings. The second kappa shape index (κ2) is 4.07. The topological polar surface area (TPSA) is 58.6 Å². The fourth-order valence-electron chi connectivity index (χ4n) is 1.69. The maximum Gasteiger partial charge on any atom is 0.270 e. The van der Waals surface area contributed by atoms with Crippen LogP contribution in [0.2, 0.25) is 0 Å². The van der Waals surface area contributed by atoms with Gasteiger partial charge >= 0.3 is 0 Å². The summed E-state index contributed by atoms with van der Waals surface area (Å²) in [5.74, 6) is 0.508. The van der Waals surface area contributed by atoms with Crippen molar-refractivity contribution in [2.45, 2.75) is 6.54 Å². The first kappa shape index (κ1) is 10.2. The largest absolute Gasteiger partial charge is 0.315 e. The molecule has 80 valence electrons.